The average Bonchev–Trinajstić information content (AvgIpc) is 2.15. The van der Waals surface area contributed by atoms with Gasteiger partial charge in [0.25, 0.3) is 0 Å². The van der Waals surface area contributed by atoms with E-state index in [1.807, 2.05) is 6.92 Å². The molecule has 0 aromatic carbocycles. The Morgan fingerprint density at radius 3 is 2.29 bits per heavy atom. The summed E-state index contributed by atoms with van der Waals surface area (Å²) < 4.78 is 5.51. The van der Waals surface area contributed by atoms with E-state index in [0.717, 1.165) is 5.56 Å². The van der Waals surface area contributed by atoms with Crippen molar-refractivity contribution in [2.45, 2.75) is 45.8 Å². The van der Waals surface area contributed by atoms with Gasteiger partial charge in [0.05, 0.1) is 11.2 Å². The monoisotopic (exact) mass is 237 g/mol. The third kappa shape index (κ3) is 3.53. The van der Waals surface area contributed by atoms with Crippen molar-refractivity contribution in [2.75, 3.05) is 0 Å². The Bertz CT molecular complexity index is 388. The van der Waals surface area contributed by atoms with E-state index in [0.29, 0.717) is 5.46 Å². The van der Waals surface area contributed by atoms with Crippen LogP contribution in [0.4, 0.5) is 0 Å². The first-order valence-electron chi connectivity index (χ1n) is 5.63. The molecule has 0 atom stereocenters. The maximum absolute atomic E-state index is 9.97. The van der Waals surface area contributed by atoms with Crippen molar-refractivity contribution in [2.24, 2.45) is 0 Å². The molecule has 0 aliphatic rings. The number of hydrogen-bond acceptors (Lipinski definition) is 4. The Kier molecular flexibility index (Phi) is 3.97. The summed E-state index contributed by atoms with van der Waals surface area (Å²) in [6.07, 6.45) is 3.26. The Morgan fingerprint density at radius 2 is 1.82 bits per heavy atom. The van der Waals surface area contributed by atoms with Gasteiger partial charge in [-0.15, -0.1) is 0 Å². The zero-order valence-corrected chi connectivity index (χ0v) is 11.1. The van der Waals surface area contributed by atoms with Crippen molar-refractivity contribution in [1.82, 2.24) is 4.98 Å². The molecule has 1 heterocycles. The second kappa shape index (κ2) is 4.76. The molecule has 0 bridgehead atoms. The lowest BCUT2D eigenvalue weighted by Gasteiger charge is -2.38. The van der Waals surface area contributed by atoms with E-state index in [4.69, 9.17) is 4.65 Å². The van der Waals surface area contributed by atoms with Crippen LogP contribution in [0.1, 0.15) is 33.3 Å². The van der Waals surface area contributed by atoms with Gasteiger partial charge in [-0.25, -0.2) is 0 Å². The topological polar surface area (TPSA) is 62.6 Å². The molecule has 0 saturated heterocycles. The van der Waals surface area contributed by atoms with Crippen molar-refractivity contribution in [1.29, 1.82) is 0 Å². The van der Waals surface area contributed by atoms with E-state index in [1.54, 1.807) is 46.2 Å². The first kappa shape index (κ1) is 14.2. The van der Waals surface area contributed by atoms with Crippen molar-refractivity contribution >= 4 is 12.6 Å². The number of rotatable bonds is 4. The summed E-state index contributed by atoms with van der Waals surface area (Å²) in [5.74, 6) is 0. The molecule has 1 aromatic rings. The first-order chi connectivity index (χ1) is 7.63. The molecule has 4 nitrogen and oxygen atoms in total. The molecular weight excluding hydrogens is 217 g/mol. The van der Waals surface area contributed by atoms with Crippen LogP contribution in [0.5, 0.6) is 0 Å². The molecule has 5 heteroatoms. The highest BCUT2D eigenvalue weighted by Crippen LogP contribution is 2.25. The van der Waals surface area contributed by atoms with Gasteiger partial charge < -0.3 is 14.8 Å². The van der Waals surface area contributed by atoms with Crippen LogP contribution < -0.4 is 5.46 Å². The number of aromatic nitrogens is 1. The highest BCUT2D eigenvalue weighted by Gasteiger charge is 2.39. The summed E-state index contributed by atoms with van der Waals surface area (Å²) in [6.45, 7) is 8.66. The lowest BCUT2D eigenvalue weighted by molar-refractivity contribution is -0.0982. The molecule has 17 heavy (non-hydrogen) atoms. The van der Waals surface area contributed by atoms with Crippen LogP contribution >= 0.6 is 0 Å². The van der Waals surface area contributed by atoms with Crippen LogP contribution in [0.15, 0.2) is 18.5 Å². The molecule has 0 amide bonds. The Hall–Kier alpha value is -0.905. The van der Waals surface area contributed by atoms with Crippen LogP contribution in [0.3, 0.4) is 0 Å². The average molecular weight is 237 g/mol. The summed E-state index contributed by atoms with van der Waals surface area (Å²) in [7, 11) is -1.09. The SMILES string of the molecule is Cc1cncc(B(O)OC(C)(C)C(C)(C)O)c1. The Labute approximate surface area is 103 Å². The summed E-state index contributed by atoms with van der Waals surface area (Å²) >= 11 is 0. The molecule has 0 unspecified atom stereocenters. The molecule has 0 fully saturated rings. The number of nitrogens with zero attached hydrogens (tertiary/aromatic N) is 1. The zero-order valence-electron chi connectivity index (χ0n) is 11.1. The fourth-order valence-corrected chi connectivity index (χ4v) is 1.20. The standard InChI is InChI=1S/C12H20BNO3/c1-9-6-10(8-14-7-9)13(16)17-12(4,5)11(2,3)15/h6-8,15-16H,1-5H3. The summed E-state index contributed by atoms with van der Waals surface area (Å²) in [4.78, 5) is 3.99. The van der Waals surface area contributed by atoms with E-state index in [-0.39, 0.29) is 0 Å². The molecule has 1 rings (SSSR count). The predicted molar refractivity (Wildman–Crippen MR) is 68.0 cm³/mol. The van der Waals surface area contributed by atoms with Crippen molar-refractivity contribution in [3.8, 4) is 0 Å². The fraction of sp³-hybridized carbons (Fsp3) is 0.583. The molecule has 1 aromatic heterocycles. The van der Waals surface area contributed by atoms with Crippen LogP contribution in [-0.2, 0) is 4.65 Å². The number of hydrogen-bond donors (Lipinski definition) is 2. The lowest BCUT2D eigenvalue weighted by atomic mass is 9.77. The second-order valence-corrected chi connectivity index (χ2v) is 5.34. The fourth-order valence-electron chi connectivity index (χ4n) is 1.20. The van der Waals surface area contributed by atoms with Gasteiger partial charge in [-0.2, -0.15) is 0 Å². The predicted octanol–water partition coefficient (Wildman–Crippen LogP) is 0.644. The third-order valence-electron chi connectivity index (χ3n) is 3.06. The van der Waals surface area contributed by atoms with Gasteiger partial charge in [-0.1, -0.05) is 6.07 Å². The number of pyridine rings is 1. The van der Waals surface area contributed by atoms with Gasteiger partial charge >= 0.3 is 7.12 Å². The quantitative estimate of drug-likeness (QED) is 0.754. The molecule has 0 aliphatic heterocycles. The van der Waals surface area contributed by atoms with E-state index >= 15 is 0 Å². The molecule has 0 saturated carbocycles. The highest BCUT2D eigenvalue weighted by atomic mass is 16.5. The maximum Gasteiger partial charge on any atom is 0.493 e. The van der Waals surface area contributed by atoms with Gasteiger partial charge in [0.15, 0.2) is 0 Å². The zero-order chi connectivity index (χ0) is 13.3. The molecule has 94 valence electrons. The van der Waals surface area contributed by atoms with Crippen LogP contribution in [0.2, 0.25) is 0 Å². The van der Waals surface area contributed by atoms with E-state index in [1.165, 1.54) is 0 Å². The highest BCUT2D eigenvalue weighted by molar-refractivity contribution is 6.60. The first-order valence-corrected chi connectivity index (χ1v) is 5.63. The van der Waals surface area contributed by atoms with E-state index < -0.39 is 18.3 Å². The molecule has 2 N–H and O–H groups in total. The Morgan fingerprint density at radius 1 is 1.24 bits per heavy atom. The minimum atomic E-state index is -1.09. The summed E-state index contributed by atoms with van der Waals surface area (Å²) in [6, 6.07) is 1.80. The number of aliphatic hydroxyl groups is 1. The van der Waals surface area contributed by atoms with Gasteiger partial charge in [0, 0.05) is 17.9 Å². The van der Waals surface area contributed by atoms with Crippen molar-refractivity contribution in [3.05, 3.63) is 24.0 Å². The maximum atomic E-state index is 9.97. The van der Waals surface area contributed by atoms with Crippen LogP contribution in [0, 0.1) is 6.92 Å². The smallest absolute Gasteiger partial charge is 0.423 e. The molecule has 0 spiro atoms. The molecule has 0 aliphatic carbocycles. The van der Waals surface area contributed by atoms with Crippen LogP contribution in [0.25, 0.3) is 0 Å². The molecular formula is C12H20BNO3. The van der Waals surface area contributed by atoms with E-state index in [2.05, 4.69) is 4.98 Å². The minimum Gasteiger partial charge on any atom is -0.423 e. The summed E-state index contributed by atoms with van der Waals surface area (Å²) in [5.41, 5.74) is -0.380. The van der Waals surface area contributed by atoms with Crippen molar-refractivity contribution in [3.63, 3.8) is 0 Å². The van der Waals surface area contributed by atoms with Gasteiger partial charge in [-0.3, -0.25) is 4.98 Å². The normalized spacial score (nSPS) is 12.6. The van der Waals surface area contributed by atoms with Gasteiger partial charge in [0.1, 0.15) is 0 Å². The molecule has 0 radical (unpaired) electrons. The van der Waals surface area contributed by atoms with Gasteiger partial charge in [-0.05, 0) is 40.2 Å². The van der Waals surface area contributed by atoms with Crippen LogP contribution in [-0.4, -0.2) is 33.4 Å². The van der Waals surface area contributed by atoms with E-state index in [9.17, 15) is 10.1 Å². The number of aryl methyl sites for hydroxylation is 1. The minimum absolute atomic E-state index is 0.585. The lowest BCUT2D eigenvalue weighted by Crippen LogP contribution is -2.53. The Balaban J connectivity index is 2.83. The second-order valence-electron chi connectivity index (χ2n) is 5.34. The largest absolute Gasteiger partial charge is 0.493 e. The summed E-state index contributed by atoms with van der Waals surface area (Å²) in [5, 5.41) is 19.9. The van der Waals surface area contributed by atoms with Gasteiger partial charge in [0.2, 0.25) is 0 Å². The van der Waals surface area contributed by atoms with Crippen molar-refractivity contribution < 1.29 is 14.8 Å². The third-order valence-corrected chi connectivity index (χ3v) is 3.06.